The van der Waals surface area contributed by atoms with Gasteiger partial charge in [0.25, 0.3) is 0 Å². The van der Waals surface area contributed by atoms with E-state index in [2.05, 4.69) is 0 Å². The molecular weight excluding hydrogens is 200 g/mol. The third-order valence-corrected chi connectivity index (χ3v) is 2.72. The Balaban J connectivity index is 2.59. The van der Waals surface area contributed by atoms with Gasteiger partial charge in [0, 0.05) is 12.2 Å². The first-order valence-corrected chi connectivity index (χ1v) is 5.36. The van der Waals surface area contributed by atoms with Crippen molar-refractivity contribution >= 4 is 16.6 Å². The van der Waals surface area contributed by atoms with Crippen LogP contribution >= 0.6 is 0 Å². The van der Waals surface area contributed by atoms with Crippen molar-refractivity contribution in [2.75, 3.05) is 6.61 Å². The number of Topliss-reactive ketones (excluding diaryl/α,β-unsaturated/α-hetero) is 1. The molecule has 0 aliphatic heterocycles. The molecule has 2 heteroatoms. The zero-order chi connectivity index (χ0) is 11.5. The summed E-state index contributed by atoms with van der Waals surface area (Å²) in [6.07, 6.45) is 0.653. The third-order valence-electron chi connectivity index (χ3n) is 2.72. The molecule has 2 rings (SSSR count). The minimum atomic E-state index is 0.0838. The summed E-state index contributed by atoms with van der Waals surface area (Å²) in [5, 5.41) is 10.9. The lowest BCUT2D eigenvalue weighted by molar-refractivity contribution is 0.101. The fourth-order valence-electron chi connectivity index (χ4n) is 1.92. The maximum atomic E-state index is 11.4. The van der Waals surface area contributed by atoms with Gasteiger partial charge < -0.3 is 5.11 Å². The molecule has 2 aromatic carbocycles. The number of hydrogen-bond donors (Lipinski definition) is 1. The third kappa shape index (κ3) is 1.97. The van der Waals surface area contributed by atoms with E-state index < -0.39 is 0 Å². The van der Waals surface area contributed by atoms with E-state index in [1.807, 2.05) is 36.4 Å². The van der Waals surface area contributed by atoms with Crippen LogP contribution in [0.5, 0.6) is 0 Å². The van der Waals surface area contributed by atoms with Gasteiger partial charge in [-0.1, -0.05) is 36.4 Å². The molecule has 0 aliphatic rings. The van der Waals surface area contributed by atoms with E-state index in [4.69, 9.17) is 5.11 Å². The standard InChI is InChI=1S/C14H14O2/c1-10(16)13-4-2-3-12-9-11(7-8-15)5-6-14(12)13/h2-6,9,15H,7-8H2,1H3. The molecule has 0 fully saturated rings. The Labute approximate surface area is 94.5 Å². The Morgan fingerprint density at radius 3 is 2.75 bits per heavy atom. The Hall–Kier alpha value is -1.67. The molecule has 0 amide bonds. The average Bonchev–Trinajstić information content (AvgIpc) is 2.28. The van der Waals surface area contributed by atoms with E-state index in [-0.39, 0.29) is 12.4 Å². The van der Waals surface area contributed by atoms with Gasteiger partial charge in [-0.3, -0.25) is 4.79 Å². The van der Waals surface area contributed by atoms with Crippen molar-refractivity contribution in [3.05, 3.63) is 47.5 Å². The second kappa shape index (κ2) is 4.45. The van der Waals surface area contributed by atoms with Crippen LogP contribution in [0.2, 0.25) is 0 Å². The van der Waals surface area contributed by atoms with Gasteiger partial charge in [-0.15, -0.1) is 0 Å². The molecule has 82 valence electrons. The first-order chi connectivity index (χ1) is 7.72. The van der Waals surface area contributed by atoms with Crippen molar-refractivity contribution in [1.29, 1.82) is 0 Å². The minimum absolute atomic E-state index is 0.0838. The lowest BCUT2D eigenvalue weighted by Crippen LogP contribution is -1.95. The first-order valence-electron chi connectivity index (χ1n) is 5.36. The van der Waals surface area contributed by atoms with Crippen LogP contribution in [-0.4, -0.2) is 17.5 Å². The van der Waals surface area contributed by atoms with Crippen molar-refractivity contribution in [1.82, 2.24) is 0 Å². The average molecular weight is 214 g/mol. The summed E-state index contributed by atoms with van der Waals surface area (Å²) >= 11 is 0. The van der Waals surface area contributed by atoms with Crippen molar-refractivity contribution in [3.8, 4) is 0 Å². The van der Waals surface area contributed by atoms with Crippen LogP contribution in [0.25, 0.3) is 10.8 Å². The molecule has 0 aliphatic carbocycles. The Morgan fingerprint density at radius 1 is 1.25 bits per heavy atom. The van der Waals surface area contributed by atoms with Crippen LogP contribution in [0.1, 0.15) is 22.8 Å². The molecule has 16 heavy (non-hydrogen) atoms. The smallest absolute Gasteiger partial charge is 0.160 e. The number of aliphatic hydroxyl groups excluding tert-OH is 1. The van der Waals surface area contributed by atoms with Crippen LogP contribution in [0.4, 0.5) is 0 Å². The summed E-state index contributed by atoms with van der Waals surface area (Å²) in [4.78, 5) is 11.4. The number of ketones is 1. The lowest BCUT2D eigenvalue weighted by Gasteiger charge is -2.05. The Bertz CT molecular complexity index is 529. The molecular formula is C14H14O2. The fourth-order valence-corrected chi connectivity index (χ4v) is 1.92. The quantitative estimate of drug-likeness (QED) is 0.797. The second-order valence-corrected chi connectivity index (χ2v) is 3.89. The fraction of sp³-hybridized carbons (Fsp3) is 0.214. The van der Waals surface area contributed by atoms with E-state index >= 15 is 0 Å². The molecule has 0 bridgehead atoms. The number of carbonyl (C=O) groups excluding carboxylic acids is 1. The van der Waals surface area contributed by atoms with Crippen molar-refractivity contribution < 1.29 is 9.90 Å². The molecule has 0 saturated carbocycles. The van der Waals surface area contributed by atoms with Gasteiger partial charge in [-0.05, 0) is 29.7 Å². The van der Waals surface area contributed by atoms with Gasteiger partial charge in [0.15, 0.2) is 5.78 Å². The highest BCUT2D eigenvalue weighted by atomic mass is 16.2. The summed E-state index contributed by atoms with van der Waals surface area (Å²) in [5.74, 6) is 0.0838. The SMILES string of the molecule is CC(=O)c1cccc2cc(CCO)ccc12. The number of rotatable bonds is 3. The Kier molecular flexibility index (Phi) is 3.02. The minimum Gasteiger partial charge on any atom is -0.396 e. The van der Waals surface area contributed by atoms with Gasteiger partial charge in [0.1, 0.15) is 0 Å². The molecule has 0 heterocycles. The van der Waals surface area contributed by atoms with Crippen LogP contribution in [-0.2, 0) is 6.42 Å². The molecule has 0 saturated heterocycles. The van der Waals surface area contributed by atoms with E-state index in [1.54, 1.807) is 6.92 Å². The van der Waals surface area contributed by atoms with Crippen LogP contribution in [0, 0.1) is 0 Å². The van der Waals surface area contributed by atoms with Crippen LogP contribution < -0.4 is 0 Å². The van der Waals surface area contributed by atoms with E-state index in [1.165, 1.54) is 0 Å². The predicted molar refractivity (Wildman–Crippen MR) is 64.7 cm³/mol. The van der Waals surface area contributed by atoms with Gasteiger partial charge in [0.2, 0.25) is 0 Å². The van der Waals surface area contributed by atoms with Crippen molar-refractivity contribution in [2.24, 2.45) is 0 Å². The number of fused-ring (bicyclic) bond motifs is 1. The highest BCUT2D eigenvalue weighted by Crippen LogP contribution is 2.21. The van der Waals surface area contributed by atoms with Gasteiger partial charge in [0.05, 0.1) is 0 Å². The summed E-state index contributed by atoms with van der Waals surface area (Å²) in [6.45, 7) is 1.73. The molecule has 0 radical (unpaired) electrons. The lowest BCUT2D eigenvalue weighted by atomic mass is 9.99. The summed E-state index contributed by atoms with van der Waals surface area (Å²) in [5.41, 5.74) is 1.85. The Morgan fingerprint density at radius 2 is 2.06 bits per heavy atom. The van der Waals surface area contributed by atoms with Crippen molar-refractivity contribution in [2.45, 2.75) is 13.3 Å². The zero-order valence-corrected chi connectivity index (χ0v) is 9.23. The number of carbonyl (C=O) groups is 1. The molecule has 2 nitrogen and oxygen atoms in total. The monoisotopic (exact) mass is 214 g/mol. The normalized spacial score (nSPS) is 10.6. The van der Waals surface area contributed by atoms with Gasteiger partial charge in [-0.2, -0.15) is 0 Å². The number of hydrogen-bond acceptors (Lipinski definition) is 2. The molecule has 2 aromatic rings. The number of benzene rings is 2. The van der Waals surface area contributed by atoms with Gasteiger partial charge in [-0.25, -0.2) is 0 Å². The summed E-state index contributed by atoms with van der Waals surface area (Å²) < 4.78 is 0. The maximum absolute atomic E-state index is 11.4. The summed E-state index contributed by atoms with van der Waals surface area (Å²) in [6, 6.07) is 11.7. The molecule has 0 unspecified atom stereocenters. The van der Waals surface area contributed by atoms with Gasteiger partial charge >= 0.3 is 0 Å². The molecule has 0 aromatic heterocycles. The second-order valence-electron chi connectivity index (χ2n) is 3.89. The molecule has 0 atom stereocenters. The maximum Gasteiger partial charge on any atom is 0.160 e. The first kappa shape index (κ1) is 10.8. The highest BCUT2D eigenvalue weighted by molar-refractivity contribution is 6.07. The zero-order valence-electron chi connectivity index (χ0n) is 9.23. The molecule has 0 spiro atoms. The van der Waals surface area contributed by atoms with E-state index in [0.717, 1.165) is 21.9 Å². The topological polar surface area (TPSA) is 37.3 Å². The van der Waals surface area contributed by atoms with Crippen LogP contribution in [0.15, 0.2) is 36.4 Å². The number of aliphatic hydroxyl groups is 1. The summed E-state index contributed by atoms with van der Waals surface area (Å²) in [7, 11) is 0. The molecule has 1 N–H and O–H groups in total. The van der Waals surface area contributed by atoms with Crippen LogP contribution in [0.3, 0.4) is 0 Å². The largest absolute Gasteiger partial charge is 0.396 e. The van der Waals surface area contributed by atoms with E-state index in [9.17, 15) is 4.79 Å². The van der Waals surface area contributed by atoms with E-state index in [0.29, 0.717) is 6.42 Å². The predicted octanol–water partition coefficient (Wildman–Crippen LogP) is 2.58. The highest BCUT2D eigenvalue weighted by Gasteiger charge is 2.05. The van der Waals surface area contributed by atoms with Crippen molar-refractivity contribution in [3.63, 3.8) is 0 Å².